The van der Waals surface area contributed by atoms with Gasteiger partial charge in [-0.25, -0.2) is 4.98 Å². The molecule has 0 aromatic carbocycles. The molecule has 0 saturated carbocycles. The smallest absolute Gasteiger partial charge is 0.319 e. The van der Waals surface area contributed by atoms with Crippen LogP contribution in [0.1, 0.15) is 25.6 Å². The van der Waals surface area contributed by atoms with Gasteiger partial charge in [-0.15, -0.1) is 0 Å². The minimum atomic E-state index is -0.185. The number of anilines is 1. The first-order valence-electron chi connectivity index (χ1n) is 8.17. The van der Waals surface area contributed by atoms with Crippen LogP contribution in [0.2, 0.25) is 5.15 Å². The zero-order chi connectivity index (χ0) is 17.9. The van der Waals surface area contributed by atoms with Gasteiger partial charge in [-0.2, -0.15) is 9.97 Å². The van der Waals surface area contributed by atoms with E-state index in [-0.39, 0.29) is 5.60 Å². The Bertz CT molecular complexity index is 728. The van der Waals surface area contributed by atoms with Crippen molar-refractivity contribution < 1.29 is 7.80 Å². The highest BCUT2D eigenvalue weighted by Crippen LogP contribution is 2.30. The van der Waals surface area contributed by atoms with E-state index >= 15 is 0 Å². The molecule has 3 rings (SSSR count). The number of halogens is 2. The number of imidazole rings is 1. The summed E-state index contributed by atoms with van der Waals surface area (Å²) in [4.78, 5) is 15.1. The molecular formula is C16H21ClIN5O2. The zero-order valence-electron chi connectivity index (χ0n) is 14.3. The first-order valence-corrected chi connectivity index (χ1v) is 9.43. The van der Waals surface area contributed by atoms with Crippen LogP contribution < -0.4 is 9.64 Å². The molecule has 136 valence electrons. The SMILES string of the molecule is Cn1ccnc1CCOc1nc(Cl)cc(N2CCC[C@@](C)(OI)C2)n1. The molecule has 0 bridgehead atoms. The first-order chi connectivity index (χ1) is 12.0. The zero-order valence-corrected chi connectivity index (χ0v) is 17.2. The molecule has 1 atom stereocenters. The van der Waals surface area contributed by atoms with Crippen LogP contribution in [0.15, 0.2) is 18.5 Å². The lowest BCUT2D eigenvalue weighted by atomic mass is 9.95. The van der Waals surface area contributed by atoms with Gasteiger partial charge in [0.25, 0.3) is 0 Å². The second-order valence-electron chi connectivity index (χ2n) is 6.44. The van der Waals surface area contributed by atoms with Crippen LogP contribution in [-0.2, 0) is 16.5 Å². The first kappa shape index (κ1) is 18.7. The van der Waals surface area contributed by atoms with Gasteiger partial charge in [-0.1, -0.05) is 11.6 Å². The molecule has 9 heteroatoms. The number of nitrogens with zero attached hydrogens (tertiary/aromatic N) is 5. The summed E-state index contributed by atoms with van der Waals surface area (Å²) in [6.45, 7) is 4.23. The Hall–Kier alpha value is -1.13. The highest BCUT2D eigenvalue weighted by molar-refractivity contribution is 14.1. The van der Waals surface area contributed by atoms with Crippen molar-refractivity contribution in [3.8, 4) is 6.01 Å². The maximum absolute atomic E-state index is 6.17. The van der Waals surface area contributed by atoms with Gasteiger partial charge in [-0.05, 0) is 19.8 Å². The van der Waals surface area contributed by atoms with Crippen molar-refractivity contribution in [3.05, 3.63) is 29.4 Å². The third-order valence-corrected chi connectivity index (χ3v) is 5.56. The summed E-state index contributed by atoms with van der Waals surface area (Å²) >= 11 is 8.14. The molecule has 0 aliphatic carbocycles. The van der Waals surface area contributed by atoms with Crippen molar-refractivity contribution in [2.75, 3.05) is 24.6 Å². The van der Waals surface area contributed by atoms with E-state index in [1.54, 1.807) is 12.3 Å². The van der Waals surface area contributed by atoms with Gasteiger partial charge in [0.1, 0.15) is 39.8 Å². The molecule has 1 aliphatic heterocycles. The Morgan fingerprint density at radius 3 is 2.96 bits per heavy atom. The van der Waals surface area contributed by atoms with Gasteiger partial charge in [0.05, 0.1) is 12.2 Å². The molecule has 1 fully saturated rings. The molecule has 2 aromatic heterocycles. The number of aryl methyl sites for hydroxylation is 1. The second kappa shape index (κ2) is 8.05. The van der Waals surface area contributed by atoms with Gasteiger partial charge >= 0.3 is 6.01 Å². The minimum absolute atomic E-state index is 0.185. The topological polar surface area (TPSA) is 65.3 Å². The molecule has 1 saturated heterocycles. The largest absolute Gasteiger partial charge is 0.463 e. The Labute approximate surface area is 166 Å². The maximum atomic E-state index is 6.17. The number of ether oxygens (including phenoxy) is 1. The van der Waals surface area contributed by atoms with E-state index in [0.717, 1.165) is 37.6 Å². The van der Waals surface area contributed by atoms with Crippen molar-refractivity contribution in [1.82, 2.24) is 19.5 Å². The molecule has 7 nitrogen and oxygen atoms in total. The summed E-state index contributed by atoms with van der Waals surface area (Å²) in [7, 11) is 1.96. The molecule has 0 N–H and O–H groups in total. The van der Waals surface area contributed by atoms with E-state index in [0.29, 0.717) is 24.2 Å². The summed E-state index contributed by atoms with van der Waals surface area (Å²) in [6.07, 6.45) is 6.42. The lowest BCUT2D eigenvalue weighted by Crippen LogP contribution is -2.46. The highest BCUT2D eigenvalue weighted by Gasteiger charge is 2.32. The average Bonchev–Trinajstić information content (AvgIpc) is 3.00. The molecule has 0 amide bonds. The van der Waals surface area contributed by atoms with Gasteiger partial charge in [0.2, 0.25) is 0 Å². The van der Waals surface area contributed by atoms with Crippen LogP contribution >= 0.6 is 34.6 Å². The van der Waals surface area contributed by atoms with Crippen LogP contribution in [-0.4, -0.2) is 44.8 Å². The van der Waals surface area contributed by atoms with Crippen LogP contribution in [0.5, 0.6) is 6.01 Å². The predicted octanol–water partition coefficient (Wildman–Crippen LogP) is 3.21. The van der Waals surface area contributed by atoms with E-state index in [2.05, 4.69) is 26.8 Å². The fourth-order valence-electron chi connectivity index (χ4n) is 2.95. The van der Waals surface area contributed by atoms with E-state index < -0.39 is 0 Å². The summed E-state index contributed by atoms with van der Waals surface area (Å²) in [5, 5.41) is 0.375. The van der Waals surface area contributed by atoms with Gasteiger partial charge in [0.15, 0.2) is 0 Å². The molecule has 1 aliphatic rings. The van der Waals surface area contributed by atoms with Gasteiger partial charge < -0.3 is 17.3 Å². The number of piperidine rings is 1. The van der Waals surface area contributed by atoms with Crippen molar-refractivity contribution in [2.24, 2.45) is 7.05 Å². The van der Waals surface area contributed by atoms with Crippen LogP contribution in [0.25, 0.3) is 0 Å². The lowest BCUT2D eigenvalue weighted by Gasteiger charge is -2.39. The normalized spacial score (nSPS) is 20.7. The number of hydrogen-bond acceptors (Lipinski definition) is 6. The van der Waals surface area contributed by atoms with Crippen molar-refractivity contribution in [3.63, 3.8) is 0 Å². The van der Waals surface area contributed by atoms with E-state index in [1.165, 1.54) is 0 Å². The molecular weight excluding hydrogens is 457 g/mol. The lowest BCUT2D eigenvalue weighted by molar-refractivity contribution is 0.125. The summed E-state index contributed by atoms with van der Waals surface area (Å²) in [5.74, 6) is 1.72. The van der Waals surface area contributed by atoms with Crippen LogP contribution in [0, 0.1) is 0 Å². The molecule has 0 spiro atoms. The molecule has 25 heavy (non-hydrogen) atoms. The fourth-order valence-corrected chi connectivity index (χ4v) is 3.48. The minimum Gasteiger partial charge on any atom is -0.463 e. The van der Waals surface area contributed by atoms with Crippen molar-refractivity contribution >= 4 is 40.4 Å². The van der Waals surface area contributed by atoms with E-state index in [1.807, 2.05) is 40.8 Å². The summed E-state index contributed by atoms with van der Waals surface area (Å²) in [5.41, 5.74) is -0.185. The molecule has 0 radical (unpaired) electrons. The van der Waals surface area contributed by atoms with Crippen LogP contribution in [0.3, 0.4) is 0 Å². The molecule has 2 aromatic rings. The van der Waals surface area contributed by atoms with Gasteiger partial charge in [0, 0.05) is 45.0 Å². The summed E-state index contributed by atoms with van der Waals surface area (Å²) < 4.78 is 13.3. The third kappa shape index (κ3) is 4.73. The molecule has 0 unspecified atom stereocenters. The third-order valence-electron chi connectivity index (χ3n) is 4.31. The number of hydrogen-bond donors (Lipinski definition) is 0. The fraction of sp³-hybridized carbons (Fsp3) is 0.562. The average molecular weight is 478 g/mol. The van der Waals surface area contributed by atoms with E-state index in [9.17, 15) is 0 Å². The monoisotopic (exact) mass is 477 g/mol. The molecule has 3 heterocycles. The van der Waals surface area contributed by atoms with Crippen molar-refractivity contribution in [2.45, 2.75) is 31.8 Å². The number of rotatable bonds is 6. The second-order valence-corrected chi connectivity index (χ2v) is 7.26. The Balaban J connectivity index is 1.67. The van der Waals surface area contributed by atoms with Gasteiger partial charge in [-0.3, -0.25) is 0 Å². The van der Waals surface area contributed by atoms with Crippen LogP contribution in [0.4, 0.5) is 5.82 Å². The Kier molecular flexibility index (Phi) is 6.00. The van der Waals surface area contributed by atoms with Crippen molar-refractivity contribution in [1.29, 1.82) is 0 Å². The van der Waals surface area contributed by atoms with E-state index in [4.69, 9.17) is 19.4 Å². The Morgan fingerprint density at radius 2 is 2.24 bits per heavy atom. The highest BCUT2D eigenvalue weighted by atomic mass is 127. The predicted molar refractivity (Wildman–Crippen MR) is 104 cm³/mol. The Morgan fingerprint density at radius 1 is 1.40 bits per heavy atom. The summed E-state index contributed by atoms with van der Waals surface area (Å²) in [6, 6.07) is 2.06. The number of aromatic nitrogens is 4. The standard InChI is InChI=1S/C16H21ClIN5O2/c1-16(25-18)5-3-7-23(11-16)14-10-12(17)20-15(21-14)24-9-4-13-19-6-8-22(13)2/h6,8,10H,3-5,7,9,11H2,1-2H3/t16-/m1/s1. The quantitative estimate of drug-likeness (QED) is 0.470. The maximum Gasteiger partial charge on any atom is 0.319 e.